The van der Waals surface area contributed by atoms with E-state index < -0.39 is 5.91 Å². The molecule has 2 aromatic heterocycles. The Bertz CT molecular complexity index is 986. The number of rotatable bonds is 6. The molecule has 3 N–H and O–H groups in total. The van der Waals surface area contributed by atoms with E-state index >= 15 is 0 Å². The van der Waals surface area contributed by atoms with Crippen LogP contribution in [0.3, 0.4) is 0 Å². The first kappa shape index (κ1) is 21.0. The second-order valence-corrected chi connectivity index (χ2v) is 6.58. The first-order valence-corrected chi connectivity index (χ1v) is 9.15. The molecule has 3 heterocycles. The zero-order chi connectivity index (χ0) is 19.5. The van der Waals surface area contributed by atoms with E-state index in [1.807, 2.05) is 12.1 Å². The van der Waals surface area contributed by atoms with Crippen molar-refractivity contribution in [1.82, 2.24) is 24.8 Å². The van der Waals surface area contributed by atoms with Gasteiger partial charge in [0.2, 0.25) is 11.6 Å². The van der Waals surface area contributed by atoms with Crippen LogP contribution in [0, 0.1) is 0 Å². The van der Waals surface area contributed by atoms with E-state index in [-0.39, 0.29) is 12.4 Å². The number of methoxy groups -OCH3 is 1. The molecule has 4 rings (SSSR count). The Morgan fingerprint density at radius 2 is 1.93 bits per heavy atom. The molecule has 0 aliphatic carbocycles. The van der Waals surface area contributed by atoms with Gasteiger partial charge in [-0.25, -0.2) is 9.97 Å². The van der Waals surface area contributed by atoms with Crippen LogP contribution in [0.25, 0.3) is 22.6 Å². The van der Waals surface area contributed by atoms with Crippen molar-refractivity contribution in [3.8, 4) is 17.3 Å². The molecule has 154 valence electrons. The lowest BCUT2D eigenvalue weighted by molar-refractivity contribution is 0.0383. The number of aromatic amines is 1. The molecule has 0 bridgehead atoms. The highest BCUT2D eigenvalue weighted by Gasteiger charge is 2.17. The molecule has 3 aromatic rings. The smallest absolute Gasteiger partial charge is 0.297 e. The molecular formula is C19H23ClN6O3. The highest BCUT2D eigenvalue weighted by Crippen LogP contribution is 2.25. The topological polar surface area (TPSA) is 119 Å². The number of carbonyl (C=O) groups excluding carboxylic acids is 1. The number of nitrogens with one attached hydrogen (secondary N) is 1. The minimum absolute atomic E-state index is 0. The Kier molecular flexibility index (Phi) is 6.63. The Labute approximate surface area is 174 Å². The zero-order valence-electron chi connectivity index (χ0n) is 16.1. The van der Waals surface area contributed by atoms with Crippen LogP contribution in [-0.2, 0) is 11.2 Å². The van der Waals surface area contributed by atoms with Gasteiger partial charge >= 0.3 is 0 Å². The number of amides is 1. The van der Waals surface area contributed by atoms with Crippen molar-refractivity contribution < 1.29 is 14.3 Å². The van der Waals surface area contributed by atoms with Gasteiger partial charge in [0.25, 0.3) is 6.01 Å². The summed E-state index contributed by atoms with van der Waals surface area (Å²) in [5.74, 6) is -0.460. The number of benzene rings is 1. The standard InChI is InChI=1S/C19H22N6O3.ClH/c1-27-19-23-17-18(24-19)22-15(12-2-4-13(5-3-12)16(20)26)14(21-17)6-7-25-8-10-28-11-9-25;/h2-5H,6-11H2,1H3,(H2,20,26)(H,21,22,23,24);1H. The number of hydrogen-bond acceptors (Lipinski definition) is 7. The fraction of sp³-hybridized carbons (Fsp3) is 0.368. The number of aromatic nitrogens is 4. The van der Waals surface area contributed by atoms with Crippen LogP contribution < -0.4 is 10.5 Å². The summed E-state index contributed by atoms with van der Waals surface area (Å²) in [5.41, 5.74) is 9.33. The SMILES string of the molecule is COc1nc2nc(-c3ccc(C(N)=O)cc3)c(CCN3CCOCC3)nc2[nH]1.Cl. The van der Waals surface area contributed by atoms with Gasteiger partial charge in [-0.2, -0.15) is 4.98 Å². The molecule has 1 aliphatic rings. The number of H-pyrrole nitrogens is 1. The molecule has 9 nitrogen and oxygen atoms in total. The quantitative estimate of drug-likeness (QED) is 0.621. The molecule has 0 atom stereocenters. The predicted octanol–water partition coefficient (Wildman–Crippen LogP) is 1.42. The van der Waals surface area contributed by atoms with Crippen LogP contribution in [0.4, 0.5) is 0 Å². The van der Waals surface area contributed by atoms with Crippen molar-refractivity contribution in [2.75, 3.05) is 40.0 Å². The minimum atomic E-state index is -0.460. The van der Waals surface area contributed by atoms with E-state index in [0.717, 1.165) is 56.2 Å². The van der Waals surface area contributed by atoms with Crippen LogP contribution in [0.15, 0.2) is 24.3 Å². The van der Waals surface area contributed by atoms with E-state index in [9.17, 15) is 4.79 Å². The molecule has 0 radical (unpaired) electrons. The lowest BCUT2D eigenvalue weighted by atomic mass is 10.1. The van der Waals surface area contributed by atoms with Gasteiger partial charge in [-0.1, -0.05) is 12.1 Å². The van der Waals surface area contributed by atoms with Crippen molar-refractivity contribution in [3.05, 3.63) is 35.5 Å². The Balaban J connectivity index is 0.00000240. The fourth-order valence-corrected chi connectivity index (χ4v) is 3.23. The molecule has 0 saturated carbocycles. The molecule has 1 aliphatic heterocycles. The zero-order valence-corrected chi connectivity index (χ0v) is 16.9. The number of halogens is 1. The van der Waals surface area contributed by atoms with Crippen molar-refractivity contribution in [1.29, 1.82) is 0 Å². The van der Waals surface area contributed by atoms with E-state index in [4.69, 9.17) is 25.2 Å². The number of carbonyl (C=O) groups is 1. The van der Waals surface area contributed by atoms with Gasteiger partial charge in [-0.15, -0.1) is 12.4 Å². The maximum Gasteiger partial charge on any atom is 0.297 e. The van der Waals surface area contributed by atoms with Crippen molar-refractivity contribution in [3.63, 3.8) is 0 Å². The highest BCUT2D eigenvalue weighted by atomic mass is 35.5. The number of hydrogen-bond donors (Lipinski definition) is 2. The van der Waals surface area contributed by atoms with Crippen LogP contribution in [0.1, 0.15) is 16.1 Å². The molecular weight excluding hydrogens is 396 g/mol. The molecule has 1 amide bonds. The summed E-state index contributed by atoms with van der Waals surface area (Å²) in [6.45, 7) is 4.20. The number of imidazole rings is 1. The molecule has 29 heavy (non-hydrogen) atoms. The fourth-order valence-electron chi connectivity index (χ4n) is 3.23. The number of ether oxygens (including phenoxy) is 2. The van der Waals surface area contributed by atoms with Crippen LogP contribution >= 0.6 is 12.4 Å². The summed E-state index contributed by atoms with van der Waals surface area (Å²) in [7, 11) is 1.54. The number of fused-ring (bicyclic) bond motifs is 1. The minimum Gasteiger partial charge on any atom is -0.468 e. The number of nitrogens with zero attached hydrogens (tertiary/aromatic N) is 4. The Morgan fingerprint density at radius 1 is 1.21 bits per heavy atom. The van der Waals surface area contributed by atoms with E-state index in [1.54, 1.807) is 19.2 Å². The van der Waals surface area contributed by atoms with Crippen LogP contribution in [-0.4, -0.2) is 70.7 Å². The normalized spacial score (nSPS) is 14.5. The Hall–Kier alpha value is -2.75. The lowest BCUT2D eigenvalue weighted by Crippen LogP contribution is -2.37. The summed E-state index contributed by atoms with van der Waals surface area (Å²) in [5, 5.41) is 0. The first-order valence-electron chi connectivity index (χ1n) is 9.15. The maximum atomic E-state index is 11.4. The lowest BCUT2D eigenvalue weighted by Gasteiger charge is -2.26. The van der Waals surface area contributed by atoms with Gasteiger partial charge in [-0.3, -0.25) is 14.7 Å². The number of morpholine rings is 1. The summed E-state index contributed by atoms with van der Waals surface area (Å²) < 4.78 is 10.6. The summed E-state index contributed by atoms with van der Waals surface area (Å²) in [4.78, 5) is 30.5. The van der Waals surface area contributed by atoms with E-state index in [2.05, 4.69) is 14.9 Å². The predicted molar refractivity (Wildman–Crippen MR) is 110 cm³/mol. The van der Waals surface area contributed by atoms with Gasteiger partial charge in [-0.05, 0) is 12.1 Å². The van der Waals surface area contributed by atoms with Crippen LogP contribution in [0.5, 0.6) is 6.01 Å². The molecule has 0 spiro atoms. The maximum absolute atomic E-state index is 11.4. The highest BCUT2D eigenvalue weighted by molar-refractivity contribution is 5.93. The van der Waals surface area contributed by atoms with Gasteiger partial charge in [0, 0.05) is 37.2 Å². The third-order valence-corrected chi connectivity index (χ3v) is 4.79. The van der Waals surface area contributed by atoms with Gasteiger partial charge in [0.05, 0.1) is 31.7 Å². The average Bonchev–Trinajstić information content (AvgIpc) is 3.14. The first-order chi connectivity index (χ1) is 13.6. The largest absolute Gasteiger partial charge is 0.468 e. The summed E-state index contributed by atoms with van der Waals surface area (Å²) in [6.07, 6.45) is 0.733. The van der Waals surface area contributed by atoms with Crippen molar-refractivity contribution in [2.45, 2.75) is 6.42 Å². The molecule has 10 heteroatoms. The molecule has 0 unspecified atom stereocenters. The monoisotopic (exact) mass is 418 g/mol. The second kappa shape index (κ2) is 9.17. The third kappa shape index (κ3) is 4.64. The molecule has 1 saturated heterocycles. The Morgan fingerprint density at radius 3 is 2.59 bits per heavy atom. The van der Waals surface area contributed by atoms with E-state index in [0.29, 0.717) is 22.9 Å². The van der Waals surface area contributed by atoms with Crippen LogP contribution in [0.2, 0.25) is 0 Å². The third-order valence-electron chi connectivity index (χ3n) is 4.79. The van der Waals surface area contributed by atoms with Crippen molar-refractivity contribution in [2.24, 2.45) is 5.73 Å². The summed E-state index contributed by atoms with van der Waals surface area (Å²) >= 11 is 0. The van der Waals surface area contributed by atoms with Crippen molar-refractivity contribution >= 4 is 29.6 Å². The number of primary amides is 1. The van der Waals surface area contributed by atoms with Gasteiger partial charge in [0.1, 0.15) is 0 Å². The molecule has 1 fully saturated rings. The average molecular weight is 419 g/mol. The van der Waals surface area contributed by atoms with Gasteiger partial charge < -0.3 is 15.2 Å². The number of nitrogens with two attached hydrogens (primary N) is 1. The second-order valence-electron chi connectivity index (χ2n) is 6.58. The molecule has 1 aromatic carbocycles. The van der Waals surface area contributed by atoms with Gasteiger partial charge in [0.15, 0.2) is 5.65 Å². The summed E-state index contributed by atoms with van der Waals surface area (Å²) in [6, 6.07) is 7.42. The van der Waals surface area contributed by atoms with E-state index in [1.165, 1.54) is 0 Å².